The molecule has 1 aromatic carbocycles. The van der Waals surface area contributed by atoms with E-state index in [1.165, 1.54) is 12.1 Å². The van der Waals surface area contributed by atoms with E-state index in [-0.39, 0.29) is 11.9 Å². The van der Waals surface area contributed by atoms with Gasteiger partial charge in [0.1, 0.15) is 22.6 Å². The third-order valence-electron chi connectivity index (χ3n) is 3.37. The van der Waals surface area contributed by atoms with Crippen molar-refractivity contribution in [2.24, 2.45) is 0 Å². The van der Waals surface area contributed by atoms with E-state index in [1.54, 1.807) is 12.1 Å². The SMILES string of the molecule is CC(Nc1cc(Cl)nc(C2CC2)n1)c1cccc(F)c1. The molecule has 0 amide bonds. The molecule has 1 heterocycles. The molecule has 3 nitrogen and oxygen atoms in total. The molecule has 3 rings (SSSR count). The lowest BCUT2D eigenvalue weighted by atomic mass is 10.1. The van der Waals surface area contributed by atoms with Crippen LogP contribution in [-0.4, -0.2) is 9.97 Å². The Labute approximate surface area is 122 Å². The van der Waals surface area contributed by atoms with Gasteiger partial charge in [0.15, 0.2) is 0 Å². The maximum absolute atomic E-state index is 13.2. The summed E-state index contributed by atoms with van der Waals surface area (Å²) in [4.78, 5) is 8.73. The maximum atomic E-state index is 13.2. The Bertz CT molecular complexity index is 628. The van der Waals surface area contributed by atoms with Gasteiger partial charge in [-0.3, -0.25) is 0 Å². The van der Waals surface area contributed by atoms with Crippen molar-refractivity contribution in [3.05, 3.63) is 52.7 Å². The van der Waals surface area contributed by atoms with E-state index in [1.807, 2.05) is 13.0 Å². The number of aromatic nitrogens is 2. The van der Waals surface area contributed by atoms with Gasteiger partial charge in [-0.25, -0.2) is 14.4 Å². The van der Waals surface area contributed by atoms with Crippen LogP contribution in [0.4, 0.5) is 10.2 Å². The van der Waals surface area contributed by atoms with Gasteiger partial charge >= 0.3 is 0 Å². The fraction of sp³-hybridized carbons (Fsp3) is 0.333. The molecule has 0 bridgehead atoms. The molecular formula is C15H15ClFN3. The average Bonchev–Trinajstić information content (AvgIpc) is 3.22. The van der Waals surface area contributed by atoms with E-state index in [2.05, 4.69) is 15.3 Å². The average molecular weight is 292 g/mol. The number of nitrogens with zero attached hydrogens (tertiary/aromatic N) is 2. The van der Waals surface area contributed by atoms with Crippen molar-refractivity contribution >= 4 is 17.4 Å². The molecule has 1 aromatic heterocycles. The molecule has 1 fully saturated rings. The zero-order chi connectivity index (χ0) is 14.1. The van der Waals surface area contributed by atoms with Crippen LogP contribution < -0.4 is 5.32 Å². The van der Waals surface area contributed by atoms with Gasteiger partial charge in [0, 0.05) is 12.0 Å². The Morgan fingerprint density at radius 3 is 2.80 bits per heavy atom. The topological polar surface area (TPSA) is 37.8 Å². The summed E-state index contributed by atoms with van der Waals surface area (Å²) >= 11 is 6.03. The molecular weight excluding hydrogens is 277 g/mol. The van der Waals surface area contributed by atoms with Crippen molar-refractivity contribution in [1.29, 1.82) is 0 Å². The molecule has 104 valence electrons. The van der Waals surface area contributed by atoms with Gasteiger partial charge in [0.2, 0.25) is 0 Å². The molecule has 20 heavy (non-hydrogen) atoms. The van der Waals surface area contributed by atoms with E-state index < -0.39 is 0 Å². The maximum Gasteiger partial charge on any atom is 0.135 e. The molecule has 2 aromatic rings. The first kappa shape index (κ1) is 13.3. The normalized spacial score (nSPS) is 15.9. The van der Waals surface area contributed by atoms with E-state index in [9.17, 15) is 4.39 Å². The summed E-state index contributed by atoms with van der Waals surface area (Å²) in [6.07, 6.45) is 2.25. The van der Waals surface area contributed by atoms with Crippen LogP contribution in [-0.2, 0) is 0 Å². The first-order valence-electron chi connectivity index (χ1n) is 6.68. The number of anilines is 1. The quantitative estimate of drug-likeness (QED) is 0.853. The van der Waals surface area contributed by atoms with Crippen LogP contribution in [0.25, 0.3) is 0 Å². The Hall–Kier alpha value is -1.68. The fourth-order valence-electron chi connectivity index (χ4n) is 2.11. The zero-order valence-electron chi connectivity index (χ0n) is 11.1. The lowest BCUT2D eigenvalue weighted by Gasteiger charge is -2.15. The lowest BCUT2D eigenvalue weighted by Crippen LogP contribution is -2.09. The Balaban J connectivity index is 1.80. The predicted molar refractivity (Wildman–Crippen MR) is 77.5 cm³/mol. The minimum absolute atomic E-state index is 0.0521. The molecule has 0 saturated heterocycles. The summed E-state index contributed by atoms with van der Waals surface area (Å²) < 4.78 is 13.2. The van der Waals surface area contributed by atoms with Crippen LogP contribution in [0.5, 0.6) is 0 Å². The number of rotatable bonds is 4. The van der Waals surface area contributed by atoms with E-state index in [0.29, 0.717) is 16.9 Å². The predicted octanol–water partition coefficient (Wildman–Crippen LogP) is 4.32. The fourth-order valence-corrected chi connectivity index (χ4v) is 2.30. The number of nitrogens with one attached hydrogen (secondary N) is 1. The summed E-state index contributed by atoms with van der Waals surface area (Å²) in [5.41, 5.74) is 0.868. The van der Waals surface area contributed by atoms with Gasteiger partial charge in [0.25, 0.3) is 0 Å². The minimum Gasteiger partial charge on any atom is -0.363 e. The molecule has 1 saturated carbocycles. The van der Waals surface area contributed by atoms with E-state index >= 15 is 0 Å². The summed E-state index contributed by atoms with van der Waals surface area (Å²) in [6, 6.07) is 8.18. The standard InChI is InChI=1S/C15H15ClFN3/c1-9(11-3-2-4-12(17)7-11)18-14-8-13(16)19-15(20-14)10-5-6-10/h2-4,7-10H,5-6H2,1H3,(H,18,19,20). The monoisotopic (exact) mass is 291 g/mol. The Kier molecular flexibility index (Phi) is 3.57. The van der Waals surface area contributed by atoms with Crippen molar-refractivity contribution in [2.45, 2.75) is 31.7 Å². The number of hydrogen-bond acceptors (Lipinski definition) is 3. The Morgan fingerprint density at radius 1 is 1.30 bits per heavy atom. The van der Waals surface area contributed by atoms with Crippen molar-refractivity contribution in [3.8, 4) is 0 Å². The van der Waals surface area contributed by atoms with Gasteiger partial charge in [-0.1, -0.05) is 23.7 Å². The number of benzene rings is 1. The molecule has 1 unspecified atom stereocenters. The van der Waals surface area contributed by atoms with Crippen LogP contribution in [0.3, 0.4) is 0 Å². The van der Waals surface area contributed by atoms with Crippen LogP contribution in [0, 0.1) is 5.82 Å². The number of hydrogen-bond donors (Lipinski definition) is 1. The van der Waals surface area contributed by atoms with Gasteiger partial charge in [-0.05, 0) is 37.5 Å². The summed E-state index contributed by atoms with van der Waals surface area (Å²) in [6.45, 7) is 1.96. The second-order valence-electron chi connectivity index (χ2n) is 5.13. The third kappa shape index (κ3) is 3.07. The lowest BCUT2D eigenvalue weighted by molar-refractivity contribution is 0.623. The van der Waals surface area contributed by atoms with Crippen molar-refractivity contribution in [3.63, 3.8) is 0 Å². The second kappa shape index (κ2) is 5.37. The zero-order valence-corrected chi connectivity index (χ0v) is 11.9. The third-order valence-corrected chi connectivity index (χ3v) is 3.56. The van der Waals surface area contributed by atoms with Crippen LogP contribution in [0.15, 0.2) is 30.3 Å². The van der Waals surface area contributed by atoms with Crippen molar-refractivity contribution < 1.29 is 4.39 Å². The van der Waals surface area contributed by atoms with Crippen molar-refractivity contribution in [2.75, 3.05) is 5.32 Å². The smallest absolute Gasteiger partial charge is 0.135 e. The van der Waals surface area contributed by atoms with Gasteiger partial charge in [-0.15, -0.1) is 0 Å². The van der Waals surface area contributed by atoms with Gasteiger partial charge in [0.05, 0.1) is 6.04 Å². The highest BCUT2D eigenvalue weighted by Crippen LogP contribution is 2.39. The first-order chi connectivity index (χ1) is 9.61. The van der Waals surface area contributed by atoms with Crippen molar-refractivity contribution in [1.82, 2.24) is 9.97 Å². The van der Waals surface area contributed by atoms with Crippen LogP contribution >= 0.6 is 11.6 Å². The molecule has 0 radical (unpaired) electrons. The molecule has 5 heteroatoms. The first-order valence-corrected chi connectivity index (χ1v) is 7.06. The minimum atomic E-state index is -0.240. The molecule has 1 aliphatic carbocycles. The second-order valence-corrected chi connectivity index (χ2v) is 5.52. The molecule has 0 aliphatic heterocycles. The van der Waals surface area contributed by atoms with Crippen LogP contribution in [0.1, 0.15) is 43.1 Å². The highest BCUT2D eigenvalue weighted by atomic mass is 35.5. The summed E-state index contributed by atoms with van der Waals surface area (Å²) in [5, 5.41) is 3.69. The molecule has 1 N–H and O–H groups in total. The summed E-state index contributed by atoms with van der Waals surface area (Å²) in [7, 11) is 0. The highest BCUT2D eigenvalue weighted by molar-refractivity contribution is 6.29. The van der Waals surface area contributed by atoms with E-state index in [4.69, 9.17) is 11.6 Å². The summed E-state index contributed by atoms with van der Waals surface area (Å²) in [5.74, 6) is 1.68. The number of halogens is 2. The largest absolute Gasteiger partial charge is 0.363 e. The van der Waals surface area contributed by atoms with Gasteiger partial charge < -0.3 is 5.32 Å². The highest BCUT2D eigenvalue weighted by Gasteiger charge is 2.27. The molecule has 0 spiro atoms. The van der Waals surface area contributed by atoms with Gasteiger partial charge in [-0.2, -0.15) is 0 Å². The molecule has 1 aliphatic rings. The van der Waals surface area contributed by atoms with E-state index in [0.717, 1.165) is 24.2 Å². The van der Waals surface area contributed by atoms with Crippen LogP contribution in [0.2, 0.25) is 5.15 Å². The Morgan fingerprint density at radius 2 is 2.10 bits per heavy atom. The molecule has 1 atom stereocenters.